The highest BCUT2D eigenvalue weighted by atomic mass is 32.1. The van der Waals surface area contributed by atoms with E-state index in [1.807, 2.05) is 0 Å². The highest BCUT2D eigenvalue weighted by Gasteiger charge is 2.27. The van der Waals surface area contributed by atoms with Crippen LogP contribution in [0.1, 0.15) is 58.8 Å². The molecule has 1 aliphatic carbocycles. The van der Waals surface area contributed by atoms with Gasteiger partial charge in [0.2, 0.25) is 0 Å². The summed E-state index contributed by atoms with van der Waals surface area (Å²) in [4.78, 5) is 0. The molecule has 0 aromatic carbocycles. The maximum Gasteiger partial charge on any atom is 0.0530 e. The van der Waals surface area contributed by atoms with Gasteiger partial charge in [0.15, 0.2) is 0 Å². The van der Waals surface area contributed by atoms with Crippen LogP contribution < -0.4 is 0 Å². The Hall–Kier alpha value is 0.310. The van der Waals surface area contributed by atoms with E-state index in [0.29, 0.717) is 5.41 Å². The summed E-state index contributed by atoms with van der Waals surface area (Å²) in [7, 11) is 0. The highest BCUT2D eigenvalue weighted by Crippen LogP contribution is 2.34. The molecule has 0 atom stereocenters. The summed E-state index contributed by atoms with van der Waals surface area (Å²) in [5, 5.41) is 0. The fourth-order valence-electron chi connectivity index (χ4n) is 2.48. The highest BCUT2D eigenvalue weighted by molar-refractivity contribution is 7.80. The number of ether oxygens (including phenoxy) is 1. The largest absolute Gasteiger partial charge is 0.381 e. The lowest BCUT2D eigenvalue weighted by atomic mass is 9.82. The fraction of sp³-hybridized carbons (Fsp3) is 1.00. The second-order valence-electron chi connectivity index (χ2n) is 5.44. The SMILES string of the molecule is CCCC(CS)(CCC)COCCC1CC1. The van der Waals surface area contributed by atoms with E-state index < -0.39 is 0 Å². The van der Waals surface area contributed by atoms with Crippen LogP contribution >= 0.6 is 12.6 Å². The number of rotatable bonds is 10. The van der Waals surface area contributed by atoms with Crippen molar-refractivity contribution in [2.24, 2.45) is 11.3 Å². The van der Waals surface area contributed by atoms with Crippen LogP contribution in [0.5, 0.6) is 0 Å². The average Bonchev–Trinajstić information content (AvgIpc) is 3.09. The average molecular weight is 244 g/mol. The van der Waals surface area contributed by atoms with E-state index >= 15 is 0 Å². The number of thiol groups is 1. The van der Waals surface area contributed by atoms with Crippen LogP contribution in [0.2, 0.25) is 0 Å². The molecule has 1 saturated carbocycles. The van der Waals surface area contributed by atoms with Gasteiger partial charge in [-0.25, -0.2) is 0 Å². The molecule has 0 radical (unpaired) electrons. The Morgan fingerprint density at radius 1 is 1.19 bits per heavy atom. The van der Waals surface area contributed by atoms with Gasteiger partial charge in [-0.05, 0) is 30.9 Å². The molecule has 1 aliphatic rings. The minimum atomic E-state index is 0.343. The molecule has 1 rings (SSSR count). The van der Waals surface area contributed by atoms with Gasteiger partial charge in [-0.15, -0.1) is 0 Å². The van der Waals surface area contributed by atoms with Gasteiger partial charge in [-0.2, -0.15) is 12.6 Å². The molecule has 0 spiro atoms. The smallest absolute Gasteiger partial charge is 0.0530 e. The molecule has 96 valence electrons. The van der Waals surface area contributed by atoms with Crippen molar-refractivity contribution in [1.82, 2.24) is 0 Å². The minimum Gasteiger partial charge on any atom is -0.381 e. The molecule has 0 N–H and O–H groups in total. The zero-order valence-electron chi connectivity index (χ0n) is 11.0. The maximum atomic E-state index is 5.90. The molecule has 2 heteroatoms. The van der Waals surface area contributed by atoms with E-state index in [-0.39, 0.29) is 0 Å². The molecule has 0 aliphatic heterocycles. The van der Waals surface area contributed by atoms with Gasteiger partial charge in [-0.1, -0.05) is 39.5 Å². The van der Waals surface area contributed by atoms with Gasteiger partial charge >= 0.3 is 0 Å². The Kier molecular flexibility index (Phi) is 6.83. The van der Waals surface area contributed by atoms with Crippen molar-refractivity contribution in [2.45, 2.75) is 58.8 Å². The number of hydrogen-bond donors (Lipinski definition) is 1. The van der Waals surface area contributed by atoms with Gasteiger partial charge < -0.3 is 4.74 Å². The van der Waals surface area contributed by atoms with E-state index in [9.17, 15) is 0 Å². The van der Waals surface area contributed by atoms with Crippen molar-refractivity contribution in [1.29, 1.82) is 0 Å². The Bertz CT molecular complexity index is 172. The Balaban J connectivity index is 2.22. The van der Waals surface area contributed by atoms with Crippen molar-refractivity contribution in [3.05, 3.63) is 0 Å². The van der Waals surface area contributed by atoms with Gasteiger partial charge in [0.1, 0.15) is 0 Å². The lowest BCUT2D eigenvalue weighted by Crippen LogP contribution is -2.29. The van der Waals surface area contributed by atoms with Crippen LogP contribution in [0.15, 0.2) is 0 Å². The summed E-state index contributed by atoms with van der Waals surface area (Å²) < 4.78 is 5.90. The zero-order valence-corrected chi connectivity index (χ0v) is 11.9. The first-order chi connectivity index (χ1) is 7.76. The third-order valence-electron chi connectivity index (χ3n) is 3.67. The summed E-state index contributed by atoms with van der Waals surface area (Å²) >= 11 is 4.54. The monoisotopic (exact) mass is 244 g/mol. The molecule has 0 heterocycles. The van der Waals surface area contributed by atoms with Crippen molar-refractivity contribution in [2.75, 3.05) is 19.0 Å². The predicted molar refractivity (Wildman–Crippen MR) is 74.3 cm³/mol. The van der Waals surface area contributed by atoms with E-state index in [2.05, 4.69) is 26.5 Å². The molecule has 0 amide bonds. The molecular formula is C14H28OS. The second kappa shape index (κ2) is 7.60. The van der Waals surface area contributed by atoms with Gasteiger partial charge in [-0.3, -0.25) is 0 Å². The van der Waals surface area contributed by atoms with Crippen molar-refractivity contribution >= 4 is 12.6 Å². The summed E-state index contributed by atoms with van der Waals surface area (Å²) in [6.45, 7) is 6.41. The normalized spacial score (nSPS) is 16.7. The van der Waals surface area contributed by atoms with E-state index in [4.69, 9.17) is 4.74 Å². The Morgan fingerprint density at radius 3 is 2.25 bits per heavy atom. The molecule has 1 nitrogen and oxygen atoms in total. The quantitative estimate of drug-likeness (QED) is 0.445. The fourth-order valence-corrected chi connectivity index (χ4v) is 2.89. The van der Waals surface area contributed by atoms with Crippen molar-refractivity contribution < 1.29 is 4.74 Å². The topological polar surface area (TPSA) is 9.23 Å². The van der Waals surface area contributed by atoms with Crippen LogP contribution in [0, 0.1) is 11.3 Å². The van der Waals surface area contributed by atoms with Crippen molar-refractivity contribution in [3.63, 3.8) is 0 Å². The maximum absolute atomic E-state index is 5.90. The minimum absolute atomic E-state index is 0.343. The van der Waals surface area contributed by atoms with Crippen LogP contribution in [0.3, 0.4) is 0 Å². The van der Waals surface area contributed by atoms with Crippen LogP contribution in [0.25, 0.3) is 0 Å². The third-order valence-corrected chi connectivity index (χ3v) is 4.34. The first-order valence-electron chi connectivity index (χ1n) is 6.95. The lowest BCUT2D eigenvalue weighted by Gasteiger charge is -2.31. The molecule has 0 unspecified atom stereocenters. The summed E-state index contributed by atoms with van der Waals surface area (Å²) in [6.07, 6.45) is 9.15. The Morgan fingerprint density at radius 2 is 1.81 bits per heavy atom. The molecule has 1 fully saturated rings. The van der Waals surface area contributed by atoms with Crippen molar-refractivity contribution in [3.8, 4) is 0 Å². The zero-order chi connectivity index (χ0) is 11.9. The van der Waals surface area contributed by atoms with Crippen LogP contribution in [-0.2, 0) is 4.74 Å². The summed E-state index contributed by atoms with van der Waals surface area (Å²) in [5.41, 5.74) is 0.343. The van der Waals surface area contributed by atoms with E-state index in [1.54, 1.807) is 0 Å². The molecule has 16 heavy (non-hydrogen) atoms. The van der Waals surface area contributed by atoms with Crippen LogP contribution in [0.4, 0.5) is 0 Å². The summed E-state index contributed by atoms with van der Waals surface area (Å²) in [5.74, 6) is 1.96. The first-order valence-corrected chi connectivity index (χ1v) is 7.58. The van der Waals surface area contributed by atoms with E-state index in [0.717, 1.165) is 24.9 Å². The molecule has 0 bridgehead atoms. The standard InChI is InChI=1S/C14H28OS/c1-3-8-14(12-16,9-4-2)11-15-10-7-13-5-6-13/h13,16H,3-12H2,1-2H3. The third kappa shape index (κ3) is 5.09. The van der Waals surface area contributed by atoms with Gasteiger partial charge in [0.25, 0.3) is 0 Å². The number of hydrogen-bond acceptors (Lipinski definition) is 2. The van der Waals surface area contributed by atoms with Gasteiger partial charge in [0, 0.05) is 12.0 Å². The van der Waals surface area contributed by atoms with Crippen LogP contribution in [-0.4, -0.2) is 19.0 Å². The Labute approximate surface area is 107 Å². The predicted octanol–water partition coefficient (Wildman–Crippen LogP) is 4.32. The second-order valence-corrected chi connectivity index (χ2v) is 5.76. The van der Waals surface area contributed by atoms with Gasteiger partial charge in [0.05, 0.1) is 6.61 Å². The summed E-state index contributed by atoms with van der Waals surface area (Å²) in [6, 6.07) is 0. The molecular weight excluding hydrogens is 216 g/mol. The van der Waals surface area contributed by atoms with E-state index in [1.165, 1.54) is 44.9 Å². The molecule has 0 aromatic heterocycles. The first kappa shape index (κ1) is 14.4. The molecule has 0 aromatic rings. The molecule has 0 saturated heterocycles. The lowest BCUT2D eigenvalue weighted by molar-refractivity contribution is 0.0420.